The number of likely N-dealkylation sites (tertiary alicyclic amines) is 1. The number of esters is 1. The highest BCUT2D eigenvalue weighted by Crippen LogP contribution is 2.17. The Morgan fingerprint density at radius 1 is 1.30 bits per heavy atom. The Morgan fingerprint density at radius 3 is 2.45 bits per heavy atom. The molecule has 0 aliphatic carbocycles. The molecule has 1 aliphatic heterocycles. The normalized spacial score (nSPS) is 17.4. The van der Waals surface area contributed by atoms with Crippen molar-refractivity contribution in [2.24, 2.45) is 0 Å². The predicted molar refractivity (Wildman–Crippen MR) is 79.8 cm³/mol. The van der Waals surface area contributed by atoms with Crippen LogP contribution >= 0.6 is 0 Å². The van der Waals surface area contributed by atoms with Crippen LogP contribution in [0, 0.1) is 0 Å². The lowest BCUT2D eigenvalue weighted by atomic mass is 10.0. The molecule has 1 fully saturated rings. The molecule has 4 nitrogen and oxygen atoms in total. The molecule has 1 aromatic rings. The molecule has 0 saturated carbocycles. The number of rotatable bonds is 4. The minimum absolute atomic E-state index is 0.278. The van der Waals surface area contributed by atoms with E-state index in [1.165, 1.54) is 38.6 Å². The van der Waals surface area contributed by atoms with Gasteiger partial charge in [0.05, 0.1) is 12.7 Å². The maximum Gasteiger partial charge on any atom is 0.337 e. The van der Waals surface area contributed by atoms with Gasteiger partial charge < -0.3 is 9.64 Å². The summed E-state index contributed by atoms with van der Waals surface area (Å²) >= 11 is 0. The first kappa shape index (κ1) is 15.0. The summed E-state index contributed by atoms with van der Waals surface area (Å²) in [6, 6.07) is 8.36. The maximum absolute atomic E-state index is 11.4. The molecule has 0 radical (unpaired) electrons. The zero-order valence-corrected chi connectivity index (χ0v) is 12.6. The monoisotopic (exact) mass is 276 g/mol. The first-order chi connectivity index (χ1) is 9.60. The molecule has 1 heterocycles. The Kier molecular flexibility index (Phi) is 5.15. The van der Waals surface area contributed by atoms with Gasteiger partial charge in [-0.25, -0.2) is 4.79 Å². The van der Waals surface area contributed by atoms with Gasteiger partial charge in [-0.3, -0.25) is 4.90 Å². The summed E-state index contributed by atoms with van der Waals surface area (Å²) in [5, 5.41) is 0. The number of carbonyl (C=O) groups is 1. The molecule has 110 valence electrons. The van der Waals surface area contributed by atoms with Gasteiger partial charge in [-0.05, 0) is 57.7 Å². The number of benzene rings is 1. The summed E-state index contributed by atoms with van der Waals surface area (Å²) in [5.41, 5.74) is 1.84. The van der Waals surface area contributed by atoms with Crippen LogP contribution in [0.4, 0.5) is 0 Å². The van der Waals surface area contributed by atoms with Crippen molar-refractivity contribution in [1.29, 1.82) is 0 Å². The van der Waals surface area contributed by atoms with E-state index in [-0.39, 0.29) is 5.97 Å². The Bertz CT molecular complexity index is 436. The summed E-state index contributed by atoms with van der Waals surface area (Å²) in [4.78, 5) is 16.2. The van der Waals surface area contributed by atoms with Gasteiger partial charge in [0.25, 0.3) is 0 Å². The summed E-state index contributed by atoms with van der Waals surface area (Å²) in [6.45, 7) is 3.28. The van der Waals surface area contributed by atoms with Gasteiger partial charge in [0, 0.05) is 12.6 Å². The van der Waals surface area contributed by atoms with Crippen LogP contribution in [-0.2, 0) is 11.3 Å². The minimum atomic E-state index is -0.278. The molecule has 0 amide bonds. The molecule has 0 aromatic heterocycles. The number of ether oxygens (including phenoxy) is 1. The SMILES string of the molecule is COC(=O)c1ccc(CN(C)C2CCN(C)CC2)cc1. The van der Waals surface area contributed by atoms with Gasteiger partial charge in [-0.15, -0.1) is 0 Å². The molecule has 0 unspecified atom stereocenters. The van der Waals surface area contributed by atoms with Crippen molar-refractivity contribution in [2.75, 3.05) is 34.3 Å². The lowest BCUT2D eigenvalue weighted by Gasteiger charge is -2.35. The van der Waals surface area contributed by atoms with Gasteiger partial charge in [0.1, 0.15) is 0 Å². The van der Waals surface area contributed by atoms with Crippen LogP contribution in [0.2, 0.25) is 0 Å². The molecule has 0 N–H and O–H groups in total. The lowest BCUT2D eigenvalue weighted by Crippen LogP contribution is -2.41. The Labute approximate surface area is 121 Å². The highest BCUT2D eigenvalue weighted by molar-refractivity contribution is 5.89. The smallest absolute Gasteiger partial charge is 0.337 e. The Morgan fingerprint density at radius 2 is 1.90 bits per heavy atom. The van der Waals surface area contributed by atoms with Crippen molar-refractivity contribution in [1.82, 2.24) is 9.80 Å². The molecule has 0 atom stereocenters. The van der Waals surface area contributed by atoms with E-state index in [1.807, 2.05) is 24.3 Å². The zero-order valence-electron chi connectivity index (χ0n) is 12.6. The van der Waals surface area contributed by atoms with Crippen molar-refractivity contribution in [3.05, 3.63) is 35.4 Å². The highest BCUT2D eigenvalue weighted by Gasteiger charge is 2.20. The van der Waals surface area contributed by atoms with E-state index in [0.29, 0.717) is 11.6 Å². The van der Waals surface area contributed by atoms with Crippen molar-refractivity contribution >= 4 is 5.97 Å². The zero-order chi connectivity index (χ0) is 14.5. The van der Waals surface area contributed by atoms with Crippen molar-refractivity contribution in [2.45, 2.75) is 25.4 Å². The molecule has 4 heteroatoms. The fourth-order valence-electron chi connectivity index (χ4n) is 2.72. The average molecular weight is 276 g/mol. The number of hydrogen-bond donors (Lipinski definition) is 0. The van der Waals surface area contributed by atoms with E-state index in [4.69, 9.17) is 4.74 Å². The van der Waals surface area contributed by atoms with Gasteiger partial charge in [-0.2, -0.15) is 0 Å². The van der Waals surface area contributed by atoms with Crippen LogP contribution in [0.3, 0.4) is 0 Å². The predicted octanol–water partition coefficient (Wildman–Crippen LogP) is 2.00. The fraction of sp³-hybridized carbons (Fsp3) is 0.562. The molecule has 20 heavy (non-hydrogen) atoms. The molecule has 0 bridgehead atoms. The van der Waals surface area contributed by atoms with Crippen LogP contribution in [0.5, 0.6) is 0 Å². The third-order valence-electron chi connectivity index (χ3n) is 4.12. The number of nitrogens with zero attached hydrogens (tertiary/aromatic N) is 2. The summed E-state index contributed by atoms with van der Waals surface area (Å²) in [6.07, 6.45) is 2.46. The third-order valence-corrected chi connectivity index (χ3v) is 4.12. The summed E-state index contributed by atoms with van der Waals surface area (Å²) in [5.74, 6) is -0.278. The first-order valence-electron chi connectivity index (χ1n) is 7.16. The second kappa shape index (κ2) is 6.86. The van der Waals surface area contributed by atoms with Crippen LogP contribution in [0.25, 0.3) is 0 Å². The van der Waals surface area contributed by atoms with Crippen molar-refractivity contribution in [3.63, 3.8) is 0 Å². The fourth-order valence-corrected chi connectivity index (χ4v) is 2.72. The third kappa shape index (κ3) is 3.81. The van der Waals surface area contributed by atoms with Gasteiger partial charge >= 0.3 is 5.97 Å². The van der Waals surface area contributed by atoms with E-state index in [0.717, 1.165) is 6.54 Å². The molecule has 2 rings (SSSR count). The van der Waals surface area contributed by atoms with Gasteiger partial charge in [0.15, 0.2) is 0 Å². The molecule has 1 aliphatic rings. The molecular weight excluding hydrogens is 252 g/mol. The molecule has 1 saturated heterocycles. The number of methoxy groups -OCH3 is 1. The lowest BCUT2D eigenvalue weighted by molar-refractivity contribution is 0.0600. The van der Waals surface area contributed by atoms with Crippen molar-refractivity contribution < 1.29 is 9.53 Å². The quantitative estimate of drug-likeness (QED) is 0.788. The van der Waals surface area contributed by atoms with Crippen LogP contribution in [0.1, 0.15) is 28.8 Å². The van der Waals surface area contributed by atoms with E-state index in [9.17, 15) is 4.79 Å². The molecular formula is C16H24N2O2. The minimum Gasteiger partial charge on any atom is -0.465 e. The Hall–Kier alpha value is -1.39. The average Bonchev–Trinajstić information content (AvgIpc) is 2.48. The second-order valence-corrected chi connectivity index (χ2v) is 5.64. The largest absolute Gasteiger partial charge is 0.465 e. The summed E-state index contributed by atoms with van der Waals surface area (Å²) in [7, 11) is 5.77. The first-order valence-corrected chi connectivity index (χ1v) is 7.16. The van der Waals surface area contributed by atoms with Crippen molar-refractivity contribution in [3.8, 4) is 0 Å². The standard InChI is InChI=1S/C16H24N2O2/c1-17-10-8-15(9-11-17)18(2)12-13-4-6-14(7-5-13)16(19)20-3/h4-7,15H,8-12H2,1-3H3. The summed E-state index contributed by atoms with van der Waals surface area (Å²) < 4.78 is 4.71. The van der Waals surface area contributed by atoms with E-state index >= 15 is 0 Å². The number of hydrogen-bond acceptors (Lipinski definition) is 4. The molecule has 0 spiro atoms. The highest BCUT2D eigenvalue weighted by atomic mass is 16.5. The second-order valence-electron chi connectivity index (χ2n) is 5.64. The van der Waals surface area contributed by atoms with Gasteiger partial charge in [-0.1, -0.05) is 12.1 Å². The van der Waals surface area contributed by atoms with Crippen LogP contribution < -0.4 is 0 Å². The van der Waals surface area contributed by atoms with E-state index in [2.05, 4.69) is 23.9 Å². The topological polar surface area (TPSA) is 32.8 Å². The number of piperidine rings is 1. The van der Waals surface area contributed by atoms with Crippen LogP contribution in [0.15, 0.2) is 24.3 Å². The number of carbonyl (C=O) groups excluding carboxylic acids is 1. The van der Waals surface area contributed by atoms with E-state index < -0.39 is 0 Å². The van der Waals surface area contributed by atoms with E-state index in [1.54, 1.807) is 0 Å². The van der Waals surface area contributed by atoms with Gasteiger partial charge in [0.2, 0.25) is 0 Å². The molecule has 1 aromatic carbocycles. The maximum atomic E-state index is 11.4. The van der Waals surface area contributed by atoms with Crippen LogP contribution in [-0.4, -0.2) is 56.1 Å². The Balaban J connectivity index is 1.91.